The second-order valence-electron chi connectivity index (χ2n) is 7.84. The molecule has 0 amide bonds. The van der Waals surface area contributed by atoms with Crippen molar-refractivity contribution in [3.63, 3.8) is 0 Å². The maximum absolute atomic E-state index is 12.2. The third kappa shape index (κ3) is 3.22. The van der Waals surface area contributed by atoms with Crippen LogP contribution in [0.1, 0.15) is 49.8 Å². The fraction of sp³-hybridized carbons (Fsp3) is 0.778. The van der Waals surface area contributed by atoms with Crippen molar-refractivity contribution in [2.75, 3.05) is 19.6 Å². The van der Waals surface area contributed by atoms with Crippen LogP contribution in [0.2, 0.25) is 0 Å². The number of aryl methyl sites for hydroxylation is 2. The summed E-state index contributed by atoms with van der Waals surface area (Å²) >= 11 is 0. The van der Waals surface area contributed by atoms with Gasteiger partial charge in [0.05, 0.1) is 17.8 Å². The minimum absolute atomic E-state index is 0.0542. The van der Waals surface area contributed by atoms with Gasteiger partial charge in [-0.05, 0) is 44.1 Å². The molecule has 2 fully saturated rings. The molecule has 5 heteroatoms. The molecule has 0 radical (unpaired) electrons. The molecule has 23 heavy (non-hydrogen) atoms. The van der Waals surface area contributed by atoms with Crippen LogP contribution in [0.25, 0.3) is 0 Å². The molecule has 0 unspecified atom stereocenters. The third-order valence-corrected chi connectivity index (χ3v) is 5.79. The lowest BCUT2D eigenvalue weighted by atomic mass is 9.94. The first-order valence-electron chi connectivity index (χ1n) is 9.16. The first-order valence-corrected chi connectivity index (χ1v) is 9.16. The van der Waals surface area contributed by atoms with Crippen molar-refractivity contribution in [1.82, 2.24) is 14.7 Å². The minimum Gasteiger partial charge on any atom is -0.389 e. The molecule has 2 heterocycles. The van der Waals surface area contributed by atoms with Crippen LogP contribution in [-0.2, 0) is 19.4 Å². The van der Waals surface area contributed by atoms with Gasteiger partial charge in [-0.1, -0.05) is 12.8 Å². The van der Waals surface area contributed by atoms with E-state index >= 15 is 0 Å². The summed E-state index contributed by atoms with van der Waals surface area (Å²) in [5.41, 5.74) is 1.90. The van der Waals surface area contributed by atoms with Crippen LogP contribution < -0.4 is 5.56 Å². The van der Waals surface area contributed by atoms with Crippen LogP contribution >= 0.6 is 0 Å². The second-order valence-corrected chi connectivity index (χ2v) is 7.84. The van der Waals surface area contributed by atoms with Crippen LogP contribution in [0.5, 0.6) is 0 Å². The number of β-amino-alcohol motifs (C(OH)–C–C–N with tert-alkyl or cyclic N) is 1. The summed E-state index contributed by atoms with van der Waals surface area (Å²) in [5, 5.41) is 15.1. The molecule has 1 aromatic heterocycles. The third-order valence-electron chi connectivity index (χ3n) is 5.79. The Morgan fingerprint density at radius 3 is 2.70 bits per heavy atom. The quantitative estimate of drug-likeness (QED) is 0.911. The molecule has 126 valence electrons. The van der Waals surface area contributed by atoms with Crippen molar-refractivity contribution < 1.29 is 5.11 Å². The second kappa shape index (κ2) is 6.02. The van der Waals surface area contributed by atoms with Gasteiger partial charge in [0.1, 0.15) is 0 Å². The number of fused-ring (bicyclic) bond motifs is 1. The Bertz CT molecular complexity index is 628. The number of likely N-dealkylation sites (tertiary alicyclic amines) is 1. The van der Waals surface area contributed by atoms with Crippen LogP contribution in [0.3, 0.4) is 0 Å². The van der Waals surface area contributed by atoms with E-state index in [1.54, 1.807) is 10.7 Å². The summed E-state index contributed by atoms with van der Waals surface area (Å²) in [7, 11) is 0. The Kier molecular flexibility index (Phi) is 4.01. The summed E-state index contributed by atoms with van der Waals surface area (Å²) < 4.78 is 1.68. The van der Waals surface area contributed by atoms with Gasteiger partial charge in [0, 0.05) is 31.6 Å². The summed E-state index contributed by atoms with van der Waals surface area (Å²) in [6.45, 7) is 3.48. The van der Waals surface area contributed by atoms with E-state index in [0.717, 1.165) is 76.0 Å². The van der Waals surface area contributed by atoms with E-state index in [-0.39, 0.29) is 5.56 Å². The van der Waals surface area contributed by atoms with Gasteiger partial charge >= 0.3 is 0 Å². The molecule has 1 aromatic rings. The highest BCUT2D eigenvalue weighted by atomic mass is 16.3. The first-order chi connectivity index (χ1) is 11.1. The topological polar surface area (TPSA) is 58.4 Å². The zero-order valence-electron chi connectivity index (χ0n) is 13.8. The Morgan fingerprint density at radius 2 is 1.91 bits per heavy atom. The highest BCUT2D eigenvalue weighted by Crippen LogP contribution is 2.32. The van der Waals surface area contributed by atoms with Gasteiger partial charge < -0.3 is 5.11 Å². The van der Waals surface area contributed by atoms with E-state index < -0.39 is 5.60 Å². The lowest BCUT2D eigenvalue weighted by molar-refractivity contribution is -0.0303. The Balaban J connectivity index is 1.34. The molecular weight excluding hydrogens is 290 g/mol. The van der Waals surface area contributed by atoms with E-state index in [2.05, 4.69) is 10.00 Å². The lowest BCUT2D eigenvalue weighted by Crippen LogP contribution is -2.54. The number of hydrogen-bond donors (Lipinski definition) is 1. The summed E-state index contributed by atoms with van der Waals surface area (Å²) in [6.07, 6.45) is 8.59. The number of rotatable bonds is 4. The minimum atomic E-state index is -0.453. The molecule has 1 N–H and O–H groups in total. The fourth-order valence-electron chi connectivity index (χ4n) is 4.51. The molecule has 4 rings (SSSR count). The Hall–Kier alpha value is -1.20. The van der Waals surface area contributed by atoms with Gasteiger partial charge in [0.25, 0.3) is 5.56 Å². The highest BCUT2D eigenvalue weighted by molar-refractivity contribution is 5.20. The van der Waals surface area contributed by atoms with Gasteiger partial charge in [0.2, 0.25) is 0 Å². The molecule has 5 nitrogen and oxygen atoms in total. The molecule has 1 saturated carbocycles. The SMILES string of the molecule is O=c1cc2c(nn1CC1CN(CC3(O)CCCC3)C1)CCCC2. The molecule has 1 aliphatic heterocycles. The van der Waals surface area contributed by atoms with Crippen molar-refractivity contribution >= 4 is 0 Å². The summed E-state index contributed by atoms with van der Waals surface area (Å²) in [5.74, 6) is 0.492. The molecule has 0 spiro atoms. The van der Waals surface area contributed by atoms with E-state index in [1.165, 1.54) is 12.8 Å². The van der Waals surface area contributed by atoms with Crippen molar-refractivity contribution in [2.45, 2.75) is 63.5 Å². The maximum atomic E-state index is 12.2. The predicted molar refractivity (Wildman–Crippen MR) is 88.5 cm³/mol. The normalized spacial score (nSPS) is 24.4. The molecule has 2 aliphatic carbocycles. The molecule has 1 saturated heterocycles. The fourth-order valence-corrected chi connectivity index (χ4v) is 4.51. The van der Waals surface area contributed by atoms with Gasteiger partial charge in [0.15, 0.2) is 0 Å². The average Bonchev–Trinajstić information content (AvgIpc) is 2.92. The molecule has 0 atom stereocenters. The largest absolute Gasteiger partial charge is 0.389 e. The first kappa shape index (κ1) is 15.3. The average molecular weight is 317 g/mol. The van der Waals surface area contributed by atoms with Gasteiger partial charge in [-0.25, -0.2) is 4.68 Å². The van der Waals surface area contributed by atoms with Crippen LogP contribution in [0.4, 0.5) is 0 Å². The maximum Gasteiger partial charge on any atom is 0.267 e. The van der Waals surface area contributed by atoms with Gasteiger partial charge in [-0.2, -0.15) is 5.10 Å². The Labute approximate surface area is 137 Å². The van der Waals surface area contributed by atoms with Gasteiger partial charge in [-0.15, -0.1) is 0 Å². The molecule has 3 aliphatic rings. The molecule has 0 aromatic carbocycles. The summed E-state index contributed by atoms with van der Waals surface area (Å²) in [4.78, 5) is 14.6. The van der Waals surface area contributed by atoms with Gasteiger partial charge in [-0.3, -0.25) is 9.69 Å². The number of nitrogens with zero attached hydrogens (tertiary/aromatic N) is 3. The summed E-state index contributed by atoms with van der Waals surface area (Å²) in [6, 6.07) is 1.80. The van der Waals surface area contributed by atoms with Crippen LogP contribution in [-0.4, -0.2) is 45.0 Å². The zero-order chi connectivity index (χ0) is 15.9. The lowest BCUT2D eigenvalue weighted by Gasteiger charge is -2.42. The van der Waals surface area contributed by atoms with E-state index in [4.69, 9.17) is 0 Å². The smallest absolute Gasteiger partial charge is 0.267 e. The zero-order valence-corrected chi connectivity index (χ0v) is 13.8. The number of hydrogen-bond acceptors (Lipinski definition) is 4. The van der Waals surface area contributed by atoms with Crippen molar-refractivity contribution in [1.29, 1.82) is 0 Å². The number of aromatic nitrogens is 2. The van der Waals surface area contributed by atoms with Crippen molar-refractivity contribution in [2.24, 2.45) is 5.92 Å². The molecular formula is C18H27N3O2. The van der Waals surface area contributed by atoms with Crippen LogP contribution in [0.15, 0.2) is 10.9 Å². The van der Waals surface area contributed by atoms with E-state index in [1.807, 2.05) is 0 Å². The van der Waals surface area contributed by atoms with E-state index in [9.17, 15) is 9.90 Å². The van der Waals surface area contributed by atoms with E-state index in [0.29, 0.717) is 5.92 Å². The van der Waals surface area contributed by atoms with Crippen molar-refractivity contribution in [3.05, 3.63) is 27.7 Å². The highest BCUT2D eigenvalue weighted by Gasteiger charge is 2.37. The van der Waals surface area contributed by atoms with Crippen molar-refractivity contribution in [3.8, 4) is 0 Å². The number of aliphatic hydroxyl groups is 1. The standard InChI is InChI=1S/C18H27N3O2/c22-17-9-15-5-1-2-6-16(15)19-21(17)12-14-10-20(11-14)13-18(23)7-3-4-8-18/h9,14,23H,1-8,10-13H2. The predicted octanol–water partition coefficient (Wildman–Crippen LogP) is 1.36. The molecule has 0 bridgehead atoms. The van der Waals surface area contributed by atoms with Crippen LogP contribution in [0, 0.1) is 5.92 Å². The monoisotopic (exact) mass is 317 g/mol. The Morgan fingerprint density at radius 1 is 1.17 bits per heavy atom.